The van der Waals surface area contributed by atoms with Gasteiger partial charge in [-0.25, -0.2) is 13.5 Å². The fourth-order valence-electron chi connectivity index (χ4n) is 2.64. The number of carbonyl (C=O) groups excluding carboxylic acids is 1. The van der Waals surface area contributed by atoms with Crippen molar-refractivity contribution < 1.29 is 18.0 Å². The molecule has 0 atom stereocenters. The van der Waals surface area contributed by atoms with Crippen molar-refractivity contribution in [2.75, 3.05) is 6.80 Å². The Morgan fingerprint density at radius 2 is 2.00 bits per heavy atom. The summed E-state index contributed by atoms with van der Waals surface area (Å²) in [5.41, 5.74) is 1.91. The molecule has 0 N–H and O–H groups in total. The Morgan fingerprint density at radius 3 is 2.58 bits per heavy atom. The van der Waals surface area contributed by atoms with Crippen LogP contribution in [0, 0.1) is 12.9 Å². The zero-order chi connectivity index (χ0) is 17.9. The topological polar surface area (TPSA) is 38.1 Å². The largest absolute Gasteiger partial charge is 0.306 e. The molecule has 2 aromatic rings. The van der Waals surface area contributed by atoms with Gasteiger partial charge in [0.1, 0.15) is 17.9 Å². The summed E-state index contributed by atoms with van der Waals surface area (Å²) < 4.78 is 41.3. The summed E-state index contributed by atoms with van der Waals surface area (Å²) in [6.45, 7) is 1.64. The Labute approximate surface area is 138 Å². The van der Waals surface area contributed by atoms with Gasteiger partial charge in [0.25, 0.3) is 5.91 Å². The number of alkyl halides is 2. The molecule has 1 amide bonds. The molecule has 0 bridgehead atoms. The molecule has 24 heavy (non-hydrogen) atoms. The highest BCUT2D eigenvalue weighted by atomic mass is 19.1. The number of nitrogens with zero attached hydrogens (tertiary/aromatic N) is 3. The fraction of sp³-hybridized carbons (Fsp3) is 0.412. The maximum atomic E-state index is 14.1. The molecular formula is C17H20F3N3O. The Bertz CT molecular complexity index is 743. The quantitative estimate of drug-likeness (QED) is 0.756. The smallest absolute Gasteiger partial charge is 0.262 e. The second-order valence-corrected chi connectivity index (χ2v) is 5.62. The summed E-state index contributed by atoms with van der Waals surface area (Å²) in [7, 11) is 1.26. The van der Waals surface area contributed by atoms with Crippen LogP contribution in [0.25, 0.3) is 0 Å². The van der Waals surface area contributed by atoms with Crippen molar-refractivity contribution in [3.05, 3.63) is 52.1 Å². The second-order valence-electron chi connectivity index (χ2n) is 5.62. The molecule has 0 radical (unpaired) electrons. The van der Waals surface area contributed by atoms with Crippen LogP contribution in [0.5, 0.6) is 0 Å². The summed E-state index contributed by atoms with van der Waals surface area (Å²) >= 11 is 0. The number of carbonyl (C=O) groups is 1. The first-order valence-corrected chi connectivity index (χ1v) is 7.63. The van der Waals surface area contributed by atoms with Gasteiger partial charge in [0, 0.05) is 13.6 Å². The molecule has 7 heteroatoms. The molecule has 0 spiro atoms. The standard InChI is InChI=1S/C17H20F3N3O/c1-4-12-6-5-11(2)7-13(12)9-23(10-19)17(24)15-14(8-18)21-22(3)16(15)20/h5-7H,4,8-10H2,1-3H3. The Morgan fingerprint density at radius 1 is 1.29 bits per heavy atom. The third-order valence-electron chi connectivity index (χ3n) is 3.93. The van der Waals surface area contributed by atoms with Gasteiger partial charge in [0.2, 0.25) is 5.95 Å². The van der Waals surface area contributed by atoms with Gasteiger partial charge in [-0.3, -0.25) is 4.79 Å². The maximum Gasteiger partial charge on any atom is 0.262 e. The molecule has 0 saturated carbocycles. The van der Waals surface area contributed by atoms with Crippen LogP contribution >= 0.6 is 0 Å². The van der Waals surface area contributed by atoms with E-state index in [4.69, 9.17) is 0 Å². The van der Waals surface area contributed by atoms with Crippen LogP contribution in [-0.4, -0.2) is 27.4 Å². The van der Waals surface area contributed by atoms with Crippen molar-refractivity contribution in [3.63, 3.8) is 0 Å². The lowest BCUT2D eigenvalue weighted by atomic mass is 10.0. The van der Waals surface area contributed by atoms with Crippen molar-refractivity contribution in [2.45, 2.75) is 33.5 Å². The van der Waals surface area contributed by atoms with E-state index in [1.165, 1.54) is 7.05 Å². The summed E-state index contributed by atoms with van der Waals surface area (Å²) in [5.74, 6) is -1.87. The number of hydrogen-bond donors (Lipinski definition) is 0. The highest BCUT2D eigenvalue weighted by Crippen LogP contribution is 2.20. The number of hydrogen-bond acceptors (Lipinski definition) is 2. The van der Waals surface area contributed by atoms with Gasteiger partial charge in [0.15, 0.2) is 6.80 Å². The minimum atomic E-state index is -1.10. The van der Waals surface area contributed by atoms with Crippen molar-refractivity contribution in [1.82, 2.24) is 14.7 Å². The maximum absolute atomic E-state index is 14.1. The molecule has 0 saturated heterocycles. The van der Waals surface area contributed by atoms with E-state index < -0.39 is 30.9 Å². The first-order valence-electron chi connectivity index (χ1n) is 7.63. The van der Waals surface area contributed by atoms with Gasteiger partial charge in [-0.15, -0.1) is 0 Å². The van der Waals surface area contributed by atoms with Crippen molar-refractivity contribution in [1.29, 1.82) is 0 Å². The van der Waals surface area contributed by atoms with E-state index >= 15 is 0 Å². The number of aromatic nitrogens is 2. The highest BCUT2D eigenvalue weighted by Gasteiger charge is 2.27. The number of aryl methyl sites for hydroxylation is 3. The van der Waals surface area contributed by atoms with Crippen LogP contribution in [0.3, 0.4) is 0 Å². The third kappa shape index (κ3) is 3.44. The van der Waals surface area contributed by atoms with Crippen LogP contribution in [0.4, 0.5) is 13.2 Å². The lowest BCUT2D eigenvalue weighted by Crippen LogP contribution is -2.31. The molecule has 130 valence electrons. The fourth-order valence-corrected chi connectivity index (χ4v) is 2.64. The third-order valence-corrected chi connectivity index (χ3v) is 3.93. The minimum absolute atomic E-state index is 0.0136. The average Bonchev–Trinajstić information content (AvgIpc) is 2.86. The summed E-state index contributed by atoms with van der Waals surface area (Å²) in [4.78, 5) is 13.4. The van der Waals surface area contributed by atoms with E-state index in [0.717, 1.165) is 32.7 Å². The van der Waals surface area contributed by atoms with Gasteiger partial charge < -0.3 is 4.90 Å². The molecule has 1 aromatic heterocycles. The lowest BCUT2D eigenvalue weighted by Gasteiger charge is -2.21. The first-order chi connectivity index (χ1) is 11.4. The predicted molar refractivity (Wildman–Crippen MR) is 84.4 cm³/mol. The molecule has 0 aliphatic heterocycles. The van der Waals surface area contributed by atoms with Gasteiger partial charge >= 0.3 is 0 Å². The molecular weight excluding hydrogens is 319 g/mol. The Kier molecular flexibility index (Phi) is 5.64. The van der Waals surface area contributed by atoms with Crippen LogP contribution in [0.2, 0.25) is 0 Å². The van der Waals surface area contributed by atoms with Gasteiger partial charge in [-0.1, -0.05) is 30.7 Å². The van der Waals surface area contributed by atoms with Crippen LogP contribution < -0.4 is 0 Å². The first kappa shape index (κ1) is 18.0. The van der Waals surface area contributed by atoms with E-state index in [-0.39, 0.29) is 12.2 Å². The number of halogens is 3. The number of amides is 1. The molecule has 0 aliphatic rings. The Hall–Kier alpha value is -2.31. The van der Waals surface area contributed by atoms with E-state index in [2.05, 4.69) is 5.10 Å². The van der Waals surface area contributed by atoms with Crippen LogP contribution in [0.1, 0.15) is 39.7 Å². The molecule has 0 fully saturated rings. The van der Waals surface area contributed by atoms with E-state index in [1.807, 2.05) is 32.0 Å². The van der Waals surface area contributed by atoms with E-state index in [9.17, 15) is 18.0 Å². The number of rotatable bonds is 6. The Balaban J connectivity index is 2.36. The monoisotopic (exact) mass is 339 g/mol. The van der Waals surface area contributed by atoms with Crippen molar-refractivity contribution >= 4 is 5.91 Å². The SMILES string of the molecule is CCc1ccc(C)cc1CN(CF)C(=O)c1c(CF)nn(C)c1F. The van der Waals surface area contributed by atoms with Crippen LogP contribution in [0.15, 0.2) is 18.2 Å². The molecule has 0 unspecified atom stereocenters. The predicted octanol–water partition coefficient (Wildman–Crippen LogP) is 3.47. The zero-order valence-electron chi connectivity index (χ0n) is 13.9. The summed E-state index contributed by atoms with van der Waals surface area (Å²) in [6, 6.07) is 5.72. The lowest BCUT2D eigenvalue weighted by molar-refractivity contribution is 0.0655. The molecule has 1 heterocycles. The van der Waals surface area contributed by atoms with Gasteiger partial charge in [-0.05, 0) is 24.5 Å². The molecule has 2 rings (SSSR count). The van der Waals surface area contributed by atoms with Crippen LogP contribution in [-0.2, 0) is 26.7 Å². The molecule has 0 aliphatic carbocycles. The van der Waals surface area contributed by atoms with Gasteiger partial charge in [0.05, 0.1) is 0 Å². The highest BCUT2D eigenvalue weighted by molar-refractivity contribution is 5.95. The zero-order valence-corrected chi connectivity index (χ0v) is 13.9. The summed E-state index contributed by atoms with van der Waals surface area (Å²) in [6.07, 6.45) is 0.723. The molecule has 1 aromatic carbocycles. The van der Waals surface area contributed by atoms with Crippen molar-refractivity contribution in [3.8, 4) is 0 Å². The molecule has 4 nitrogen and oxygen atoms in total. The second kappa shape index (κ2) is 7.51. The van der Waals surface area contributed by atoms with Gasteiger partial charge in [-0.2, -0.15) is 9.49 Å². The van der Waals surface area contributed by atoms with Crippen molar-refractivity contribution in [2.24, 2.45) is 7.05 Å². The number of benzene rings is 1. The minimum Gasteiger partial charge on any atom is -0.306 e. The summed E-state index contributed by atoms with van der Waals surface area (Å²) in [5, 5.41) is 3.62. The van der Waals surface area contributed by atoms with E-state index in [1.54, 1.807) is 0 Å². The van der Waals surface area contributed by atoms with E-state index in [0.29, 0.717) is 0 Å². The normalized spacial score (nSPS) is 10.9. The average molecular weight is 339 g/mol.